The number of nitrogens with zero attached hydrogens (tertiary/aromatic N) is 1. The molecule has 0 aliphatic carbocycles. The van der Waals surface area contributed by atoms with Gasteiger partial charge in [0.05, 0.1) is 18.0 Å². The molecule has 3 N–H and O–H groups in total. The molecule has 1 atom stereocenters. The van der Waals surface area contributed by atoms with E-state index >= 15 is 0 Å². The van der Waals surface area contributed by atoms with Crippen LogP contribution in [0.15, 0.2) is 66.7 Å². The summed E-state index contributed by atoms with van der Waals surface area (Å²) in [7, 11) is 0. The fraction of sp³-hybridized carbons (Fsp3) is 0.259. The van der Waals surface area contributed by atoms with Gasteiger partial charge in [-0.25, -0.2) is 4.39 Å². The second-order valence-electron chi connectivity index (χ2n) is 8.79. The number of fused-ring (bicyclic) bond motifs is 1. The smallest absolute Gasteiger partial charge is 0.337 e. The fourth-order valence-corrected chi connectivity index (χ4v) is 4.38. The number of rotatable bonds is 6. The van der Waals surface area contributed by atoms with Crippen LogP contribution in [0, 0.1) is 5.82 Å². The van der Waals surface area contributed by atoms with E-state index in [9.17, 15) is 27.2 Å². The number of anilines is 1. The van der Waals surface area contributed by atoms with E-state index in [1.807, 2.05) is 36.4 Å². The van der Waals surface area contributed by atoms with Crippen LogP contribution < -0.4 is 11.1 Å². The highest BCUT2D eigenvalue weighted by Gasteiger charge is 2.34. The Morgan fingerprint density at radius 2 is 1.75 bits per heavy atom. The molecule has 0 unspecified atom stereocenters. The van der Waals surface area contributed by atoms with Crippen LogP contribution in [0.25, 0.3) is 0 Å². The first-order valence-corrected chi connectivity index (χ1v) is 11.5. The lowest BCUT2D eigenvalue weighted by Gasteiger charge is -2.32. The Kier molecular flexibility index (Phi) is 7.40. The van der Waals surface area contributed by atoms with Crippen LogP contribution in [0.3, 0.4) is 0 Å². The minimum Gasteiger partial charge on any atom is -0.337 e. The van der Waals surface area contributed by atoms with Gasteiger partial charge in [-0.05, 0) is 53.3 Å². The van der Waals surface area contributed by atoms with Crippen molar-refractivity contribution in [2.45, 2.75) is 38.0 Å². The van der Waals surface area contributed by atoms with Crippen LogP contribution in [0.4, 0.5) is 23.2 Å². The predicted molar refractivity (Wildman–Crippen MR) is 127 cm³/mol. The van der Waals surface area contributed by atoms with Gasteiger partial charge in [0.2, 0.25) is 11.8 Å². The Balaban J connectivity index is 1.40. The Labute approximate surface area is 205 Å². The second-order valence-corrected chi connectivity index (χ2v) is 8.79. The molecule has 5 nitrogen and oxygen atoms in total. The van der Waals surface area contributed by atoms with Crippen LogP contribution in [0.5, 0.6) is 0 Å². The van der Waals surface area contributed by atoms with E-state index in [0.29, 0.717) is 37.7 Å². The summed E-state index contributed by atoms with van der Waals surface area (Å²) in [6.07, 6.45) is -4.14. The maximum absolute atomic E-state index is 13.8. The molecule has 1 heterocycles. The first kappa shape index (κ1) is 25.4. The molecule has 3 aromatic carbocycles. The van der Waals surface area contributed by atoms with E-state index < -0.39 is 29.5 Å². The molecule has 2 amide bonds. The Bertz CT molecular complexity index is 1260. The summed E-state index contributed by atoms with van der Waals surface area (Å²) in [5.74, 6) is -2.05. The van der Waals surface area contributed by atoms with Crippen molar-refractivity contribution in [2.24, 2.45) is 5.73 Å². The summed E-state index contributed by atoms with van der Waals surface area (Å²) >= 11 is 0. The number of hydrogen-bond donors (Lipinski definition) is 2. The molecule has 0 fully saturated rings. The Hall–Kier alpha value is -3.72. The molecule has 0 aromatic heterocycles. The van der Waals surface area contributed by atoms with Crippen molar-refractivity contribution < 1.29 is 27.2 Å². The van der Waals surface area contributed by atoms with Crippen molar-refractivity contribution in [3.63, 3.8) is 0 Å². The third-order valence-corrected chi connectivity index (χ3v) is 6.17. The molecule has 3 aromatic rings. The molecular weight excluding hydrogens is 474 g/mol. The number of amides is 2. The maximum Gasteiger partial charge on any atom is 0.419 e. The van der Waals surface area contributed by atoms with Crippen molar-refractivity contribution in [1.29, 1.82) is 0 Å². The standard InChI is InChI=1S/C27H25F4N3O2/c28-22-13-18(9-10-21(22)27(29,30)31)15-25(35)33-24-8-4-7-19-16-34(12-11-20(19)24)26(36)23(32)14-17-5-2-1-3-6-17/h1-10,13,23H,11-12,14-16,32H2,(H,33,35)/t23-/m0/s1. The quantitative estimate of drug-likeness (QED) is 0.491. The van der Waals surface area contributed by atoms with Gasteiger partial charge in [-0.15, -0.1) is 0 Å². The van der Waals surface area contributed by atoms with E-state index in [0.717, 1.165) is 28.8 Å². The number of carbonyl (C=O) groups excluding carboxylic acids is 2. The van der Waals surface area contributed by atoms with Crippen LogP contribution in [-0.2, 0) is 41.6 Å². The van der Waals surface area contributed by atoms with Gasteiger partial charge >= 0.3 is 6.18 Å². The SMILES string of the molecule is N[C@@H](Cc1ccccc1)C(=O)N1CCc2c(cccc2NC(=O)Cc2ccc(C(F)(F)F)c(F)c2)C1. The zero-order valence-corrected chi connectivity index (χ0v) is 19.3. The highest BCUT2D eigenvalue weighted by atomic mass is 19.4. The second kappa shape index (κ2) is 10.5. The third-order valence-electron chi connectivity index (χ3n) is 6.17. The van der Waals surface area contributed by atoms with Crippen LogP contribution in [-0.4, -0.2) is 29.3 Å². The summed E-state index contributed by atoms with van der Waals surface area (Å²) in [6.45, 7) is 0.788. The molecule has 0 saturated carbocycles. The minimum atomic E-state index is -4.80. The molecule has 9 heteroatoms. The normalized spacial score (nSPS) is 14.2. The summed E-state index contributed by atoms with van der Waals surface area (Å²) in [5, 5.41) is 2.77. The molecule has 0 spiro atoms. The third kappa shape index (κ3) is 5.91. The molecule has 1 aliphatic rings. The molecule has 1 aliphatic heterocycles. The average molecular weight is 500 g/mol. The van der Waals surface area contributed by atoms with E-state index in [1.165, 1.54) is 0 Å². The summed E-state index contributed by atoms with van der Waals surface area (Å²) in [6, 6.07) is 16.7. The summed E-state index contributed by atoms with van der Waals surface area (Å²) in [5.41, 5.74) is 8.23. The lowest BCUT2D eigenvalue weighted by Crippen LogP contribution is -2.46. The van der Waals surface area contributed by atoms with E-state index in [-0.39, 0.29) is 17.9 Å². The van der Waals surface area contributed by atoms with Gasteiger partial charge in [-0.2, -0.15) is 13.2 Å². The maximum atomic E-state index is 13.8. The van der Waals surface area contributed by atoms with Gasteiger partial charge < -0.3 is 16.0 Å². The monoisotopic (exact) mass is 499 g/mol. The Morgan fingerprint density at radius 3 is 2.44 bits per heavy atom. The zero-order chi connectivity index (χ0) is 25.9. The Morgan fingerprint density at radius 1 is 1.00 bits per heavy atom. The number of nitrogens with one attached hydrogen (secondary N) is 1. The topological polar surface area (TPSA) is 75.4 Å². The summed E-state index contributed by atoms with van der Waals surface area (Å²) in [4.78, 5) is 27.2. The molecule has 36 heavy (non-hydrogen) atoms. The highest BCUT2D eigenvalue weighted by molar-refractivity contribution is 5.93. The van der Waals surface area contributed by atoms with E-state index in [1.54, 1.807) is 17.0 Å². The van der Waals surface area contributed by atoms with Crippen LogP contribution in [0.1, 0.15) is 27.8 Å². The van der Waals surface area contributed by atoms with Crippen molar-refractivity contribution in [1.82, 2.24) is 4.90 Å². The van der Waals surface area contributed by atoms with Crippen molar-refractivity contribution >= 4 is 17.5 Å². The fourth-order valence-electron chi connectivity index (χ4n) is 4.38. The van der Waals surface area contributed by atoms with Crippen molar-refractivity contribution in [3.05, 3.63) is 100 Å². The number of benzene rings is 3. The number of nitrogens with two attached hydrogens (primary N) is 1. The average Bonchev–Trinajstić information content (AvgIpc) is 2.83. The van der Waals surface area contributed by atoms with Crippen molar-refractivity contribution in [3.8, 4) is 0 Å². The van der Waals surface area contributed by atoms with Gasteiger partial charge in [-0.3, -0.25) is 9.59 Å². The molecule has 0 saturated heterocycles. The van der Waals surface area contributed by atoms with Crippen molar-refractivity contribution in [2.75, 3.05) is 11.9 Å². The first-order valence-electron chi connectivity index (χ1n) is 11.5. The summed E-state index contributed by atoms with van der Waals surface area (Å²) < 4.78 is 52.1. The lowest BCUT2D eigenvalue weighted by atomic mass is 9.96. The number of hydrogen-bond acceptors (Lipinski definition) is 3. The van der Waals surface area contributed by atoms with E-state index in [4.69, 9.17) is 5.73 Å². The van der Waals surface area contributed by atoms with Crippen LogP contribution >= 0.6 is 0 Å². The van der Waals surface area contributed by atoms with Crippen LogP contribution in [0.2, 0.25) is 0 Å². The molecule has 0 radical (unpaired) electrons. The highest BCUT2D eigenvalue weighted by Crippen LogP contribution is 2.32. The number of alkyl halides is 3. The van der Waals surface area contributed by atoms with E-state index in [2.05, 4.69) is 5.32 Å². The lowest BCUT2D eigenvalue weighted by molar-refractivity contribution is -0.140. The zero-order valence-electron chi connectivity index (χ0n) is 19.3. The van der Waals surface area contributed by atoms with Gasteiger partial charge in [0.25, 0.3) is 0 Å². The minimum absolute atomic E-state index is 0.131. The number of carbonyl (C=O) groups is 2. The molecule has 0 bridgehead atoms. The molecular formula is C27H25F4N3O2. The molecule has 188 valence electrons. The van der Waals surface area contributed by atoms with Gasteiger partial charge in [-0.1, -0.05) is 48.5 Å². The first-order chi connectivity index (χ1) is 17.1. The predicted octanol–water partition coefficient (Wildman–Crippen LogP) is 4.48. The van der Waals surface area contributed by atoms with Gasteiger partial charge in [0.1, 0.15) is 5.82 Å². The molecule has 4 rings (SSSR count). The van der Waals surface area contributed by atoms with Gasteiger partial charge in [0.15, 0.2) is 0 Å². The largest absolute Gasteiger partial charge is 0.419 e. The number of halogens is 4. The van der Waals surface area contributed by atoms with Gasteiger partial charge in [0, 0.05) is 18.8 Å².